The summed E-state index contributed by atoms with van der Waals surface area (Å²) in [5, 5.41) is 2.88. The van der Waals surface area contributed by atoms with Crippen LogP contribution in [0.3, 0.4) is 0 Å². The van der Waals surface area contributed by atoms with E-state index in [4.69, 9.17) is 4.98 Å². The standard InChI is InChI=1S/C24H28NSi.C17H22NSi.Ir/c1-24(2,3)20-14-12-18(13-15-20)21-16-22(19-10-8-7-9-11-19)25-17-23(21)26(4,5)6;1-13(2)15-11-16(14-9-7-6-8-10-14)18-12-17(15)19(3,4)5;/h7-10,12-17H,1-6H3;6-9,11-13H,1-5H3;/q2*-1;. The maximum absolute atomic E-state index is 4.76. The van der Waals surface area contributed by atoms with Crippen LogP contribution in [0.1, 0.15) is 51.7 Å². The van der Waals surface area contributed by atoms with Gasteiger partial charge in [0.25, 0.3) is 0 Å². The zero-order chi connectivity index (χ0) is 33.0. The van der Waals surface area contributed by atoms with Crippen molar-refractivity contribution < 1.29 is 20.1 Å². The smallest absolute Gasteiger partial charge is 0.0803 e. The fraction of sp³-hybridized carbons (Fsp3) is 0.317. The Bertz CT molecular complexity index is 1700. The minimum Gasteiger partial charge on any atom is -0.305 e. The summed E-state index contributed by atoms with van der Waals surface area (Å²) in [6, 6.07) is 36.2. The minimum atomic E-state index is -1.51. The fourth-order valence-electron chi connectivity index (χ4n) is 5.42. The van der Waals surface area contributed by atoms with Crippen LogP contribution in [0.2, 0.25) is 39.3 Å². The number of nitrogens with zero attached hydrogens (tertiary/aromatic N) is 2. The van der Waals surface area contributed by atoms with Gasteiger partial charge >= 0.3 is 0 Å². The molecule has 2 aromatic heterocycles. The van der Waals surface area contributed by atoms with Crippen molar-refractivity contribution in [1.82, 2.24) is 9.97 Å². The predicted octanol–water partition coefficient (Wildman–Crippen LogP) is 10.3. The van der Waals surface area contributed by atoms with Crippen LogP contribution in [0.4, 0.5) is 0 Å². The summed E-state index contributed by atoms with van der Waals surface area (Å²) >= 11 is 0. The summed E-state index contributed by atoms with van der Waals surface area (Å²) in [5.74, 6) is 0.534. The third-order valence-corrected chi connectivity index (χ3v) is 12.2. The molecule has 243 valence electrons. The average molecular weight is 819 g/mol. The van der Waals surface area contributed by atoms with Gasteiger partial charge in [-0.15, -0.1) is 71.8 Å². The molecule has 0 unspecified atom stereocenters. The summed E-state index contributed by atoms with van der Waals surface area (Å²) in [7, 11) is -2.84. The van der Waals surface area contributed by atoms with Crippen LogP contribution in [0.5, 0.6) is 0 Å². The maximum atomic E-state index is 4.76. The zero-order valence-electron chi connectivity index (χ0n) is 29.5. The van der Waals surface area contributed by atoms with Crippen molar-refractivity contribution in [3.63, 3.8) is 0 Å². The Hall–Kier alpha value is -2.96. The van der Waals surface area contributed by atoms with Gasteiger partial charge in [-0.25, -0.2) is 0 Å². The first-order valence-electron chi connectivity index (χ1n) is 16.1. The molecule has 0 atom stereocenters. The summed E-state index contributed by atoms with van der Waals surface area (Å²) in [4.78, 5) is 9.42. The second kappa shape index (κ2) is 15.3. The van der Waals surface area contributed by atoms with Crippen LogP contribution in [-0.2, 0) is 25.5 Å². The van der Waals surface area contributed by atoms with E-state index >= 15 is 0 Å². The van der Waals surface area contributed by atoms with E-state index in [1.54, 1.807) is 0 Å². The Morgan fingerprint density at radius 3 is 1.52 bits per heavy atom. The summed E-state index contributed by atoms with van der Waals surface area (Å²) < 4.78 is 0. The predicted molar refractivity (Wildman–Crippen MR) is 201 cm³/mol. The third kappa shape index (κ3) is 9.54. The Morgan fingerprint density at radius 2 is 1.11 bits per heavy atom. The number of hydrogen-bond acceptors (Lipinski definition) is 2. The molecule has 0 saturated carbocycles. The largest absolute Gasteiger partial charge is 0.305 e. The second-order valence-corrected chi connectivity index (χ2v) is 25.4. The van der Waals surface area contributed by atoms with Crippen LogP contribution in [-0.4, -0.2) is 26.1 Å². The van der Waals surface area contributed by atoms with Crippen molar-refractivity contribution in [2.75, 3.05) is 0 Å². The van der Waals surface area contributed by atoms with Gasteiger partial charge in [0.2, 0.25) is 0 Å². The first-order chi connectivity index (χ1) is 21.1. The number of aromatic nitrogens is 2. The van der Waals surface area contributed by atoms with Gasteiger partial charge < -0.3 is 9.97 Å². The molecule has 0 N–H and O–H groups in total. The molecule has 2 nitrogen and oxygen atoms in total. The number of pyridine rings is 2. The van der Waals surface area contributed by atoms with E-state index < -0.39 is 16.1 Å². The molecule has 0 aliphatic rings. The van der Waals surface area contributed by atoms with Crippen molar-refractivity contribution in [2.45, 2.75) is 85.2 Å². The van der Waals surface area contributed by atoms with Crippen LogP contribution >= 0.6 is 0 Å². The van der Waals surface area contributed by atoms with E-state index in [0.717, 1.165) is 22.5 Å². The molecule has 46 heavy (non-hydrogen) atoms. The van der Waals surface area contributed by atoms with Crippen LogP contribution in [0, 0.1) is 12.1 Å². The molecule has 1 radical (unpaired) electrons. The normalized spacial score (nSPS) is 11.8. The van der Waals surface area contributed by atoms with E-state index in [-0.39, 0.29) is 25.5 Å². The molecule has 0 amide bonds. The topological polar surface area (TPSA) is 25.8 Å². The maximum Gasteiger partial charge on any atom is 0.0803 e. The first-order valence-corrected chi connectivity index (χ1v) is 23.1. The minimum absolute atomic E-state index is 0. The van der Waals surface area contributed by atoms with Gasteiger partial charge in [0.1, 0.15) is 0 Å². The summed E-state index contributed by atoms with van der Waals surface area (Å²) in [5.41, 5.74) is 9.70. The van der Waals surface area contributed by atoms with E-state index in [0.29, 0.717) is 5.92 Å². The molecule has 0 bridgehead atoms. The Labute approximate surface area is 294 Å². The third-order valence-electron chi connectivity index (χ3n) is 8.11. The molecule has 0 saturated heterocycles. The van der Waals surface area contributed by atoms with Gasteiger partial charge in [-0.3, -0.25) is 0 Å². The molecule has 5 rings (SSSR count). The molecule has 0 aliphatic carbocycles. The number of hydrogen-bond donors (Lipinski definition) is 0. The average Bonchev–Trinajstić information content (AvgIpc) is 3.00. The molecule has 5 aromatic rings. The van der Waals surface area contributed by atoms with Gasteiger partial charge in [-0.1, -0.05) is 116 Å². The molecule has 0 spiro atoms. The Morgan fingerprint density at radius 1 is 0.630 bits per heavy atom. The van der Waals surface area contributed by atoms with Gasteiger partial charge in [-0.05, 0) is 49.8 Å². The molecule has 0 aliphatic heterocycles. The van der Waals surface area contributed by atoms with Gasteiger partial charge in [0.05, 0.1) is 16.1 Å². The SMILES string of the molecule is CC(C)(C)c1ccc(-c2cc(-c3[c-]cccc3)ncc2[Si](C)(C)C)cc1.CC(C)c1cc(-c2[c-]cccc2)ncc1[Si](C)(C)C.[Ir]. The van der Waals surface area contributed by atoms with E-state index in [9.17, 15) is 0 Å². The zero-order valence-corrected chi connectivity index (χ0v) is 33.9. The molecular formula is C41H50IrN2Si2-2. The van der Waals surface area contributed by atoms with Crippen LogP contribution in [0.15, 0.2) is 97.3 Å². The summed E-state index contributed by atoms with van der Waals surface area (Å²) in [6.45, 7) is 25.6. The first kappa shape index (κ1) is 37.5. The van der Waals surface area contributed by atoms with E-state index in [1.807, 2.05) is 36.4 Å². The molecular weight excluding hydrogens is 769 g/mol. The fourth-order valence-corrected chi connectivity index (χ4v) is 8.57. The molecule has 3 aromatic carbocycles. The van der Waals surface area contributed by atoms with Crippen molar-refractivity contribution in [3.05, 3.63) is 121 Å². The molecule has 0 fully saturated rings. The number of rotatable bonds is 6. The molecule has 5 heteroatoms. The van der Waals surface area contributed by atoms with Gasteiger partial charge in [0, 0.05) is 32.5 Å². The van der Waals surface area contributed by atoms with Crippen molar-refractivity contribution in [2.24, 2.45) is 0 Å². The summed E-state index contributed by atoms with van der Waals surface area (Å²) in [6.07, 6.45) is 4.19. The second-order valence-electron chi connectivity index (χ2n) is 15.3. The van der Waals surface area contributed by atoms with Gasteiger partial charge in [0.15, 0.2) is 0 Å². The van der Waals surface area contributed by atoms with Gasteiger partial charge in [-0.2, -0.15) is 0 Å². The monoisotopic (exact) mass is 819 g/mol. The molecule has 2 heterocycles. The number of benzene rings is 3. The van der Waals surface area contributed by atoms with Crippen molar-refractivity contribution >= 4 is 26.5 Å². The quantitative estimate of drug-likeness (QED) is 0.126. The van der Waals surface area contributed by atoms with Crippen molar-refractivity contribution in [1.29, 1.82) is 0 Å². The Balaban J connectivity index is 0.000000257. The van der Waals surface area contributed by atoms with Crippen LogP contribution < -0.4 is 10.4 Å². The Kier molecular flexibility index (Phi) is 12.5. The van der Waals surface area contributed by atoms with E-state index in [1.165, 1.54) is 32.6 Å². The van der Waals surface area contributed by atoms with Crippen LogP contribution in [0.25, 0.3) is 33.6 Å². The van der Waals surface area contributed by atoms with Crippen molar-refractivity contribution in [3.8, 4) is 33.6 Å². The van der Waals surface area contributed by atoms with E-state index in [2.05, 4.69) is 152 Å².